The van der Waals surface area contributed by atoms with E-state index in [2.05, 4.69) is 10.3 Å². The van der Waals surface area contributed by atoms with Gasteiger partial charge in [-0.2, -0.15) is 0 Å². The summed E-state index contributed by atoms with van der Waals surface area (Å²) < 4.78 is 4.94. The quantitative estimate of drug-likeness (QED) is 0.482. The van der Waals surface area contributed by atoms with Crippen LogP contribution in [0.4, 0.5) is 5.69 Å². The van der Waals surface area contributed by atoms with Crippen LogP contribution in [0, 0.1) is 11.7 Å². The minimum Gasteiger partial charge on any atom is -0.332 e. The van der Waals surface area contributed by atoms with Crippen molar-refractivity contribution in [2.45, 2.75) is 20.4 Å². The molecule has 2 N–H and O–H groups in total. The highest BCUT2D eigenvalue weighted by Gasteiger charge is 2.19. The number of aromatic nitrogens is 4. The Balaban J connectivity index is 1.74. The molecule has 8 nitrogen and oxygen atoms in total. The molecule has 158 valence electrons. The number of fused-ring (bicyclic) bond motifs is 1. The number of rotatable bonds is 4. The summed E-state index contributed by atoms with van der Waals surface area (Å²) in [6.45, 7) is 4.05. The van der Waals surface area contributed by atoms with Gasteiger partial charge >= 0.3 is 0 Å². The largest absolute Gasteiger partial charge is 0.332 e. The number of carbonyl (C=O) groups excluding carboxylic acids is 1. The predicted molar refractivity (Wildman–Crippen MR) is 123 cm³/mol. The molecule has 0 aliphatic rings. The number of carbonyl (C=O) groups is 1. The summed E-state index contributed by atoms with van der Waals surface area (Å²) in [7, 11) is 1.76. The van der Waals surface area contributed by atoms with Gasteiger partial charge in [-0.05, 0) is 56.4 Å². The number of H-pyrrole nitrogens is 1. The number of nitrogens with zero attached hydrogens (tertiary/aromatic N) is 3. The van der Waals surface area contributed by atoms with Crippen molar-refractivity contribution in [3.05, 3.63) is 85.3 Å². The molecular formula is C22H21N5O3S. The van der Waals surface area contributed by atoms with E-state index >= 15 is 0 Å². The Labute approximate surface area is 182 Å². The monoisotopic (exact) mass is 435 g/mol. The van der Waals surface area contributed by atoms with E-state index in [0.717, 1.165) is 0 Å². The third-order valence-corrected chi connectivity index (χ3v) is 5.68. The van der Waals surface area contributed by atoms with Crippen molar-refractivity contribution in [2.24, 2.45) is 7.05 Å². The van der Waals surface area contributed by atoms with E-state index in [9.17, 15) is 14.4 Å². The Morgan fingerprint density at radius 3 is 2.48 bits per heavy atom. The first-order chi connectivity index (χ1) is 14.8. The minimum atomic E-state index is -0.452. The van der Waals surface area contributed by atoms with Gasteiger partial charge in [0.25, 0.3) is 17.0 Å². The molecule has 9 heteroatoms. The van der Waals surface area contributed by atoms with Crippen LogP contribution in [0.3, 0.4) is 0 Å². The summed E-state index contributed by atoms with van der Waals surface area (Å²) in [5.41, 5.74) is 1.76. The van der Waals surface area contributed by atoms with Crippen molar-refractivity contribution in [1.82, 2.24) is 18.9 Å². The van der Waals surface area contributed by atoms with Crippen LogP contribution in [0.15, 0.2) is 58.1 Å². The highest BCUT2D eigenvalue weighted by atomic mass is 32.1. The maximum absolute atomic E-state index is 13.0. The van der Waals surface area contributed by atoms with Gasteiger partial charge in [-0.15, -0.1) is 0 Å². The minimum absolute atomic E-state index is 0.200. The molecule has 4 rings (SSSR count). The molecule has 0 saturated carbocycles. The number of para-hydroxylation sites is 1. The van der Waals surface area contributed by atoms with Crippen molar-refractivity contribution in [2.75, 3.05) is 5.32 Å². The molecule has 0 bridgehead atoms. The third-order valence-electron chi connectivity index (χ3n) is 5.35. The van der Waals surface area contributed by atoms with Crippen LogP contribution < -0.4 is 16.4 Å². The molecule has 0 radical (unpaired) electrons. The summed E-state index contributed by atoms with van der Waals surface area (Å²) in [6, 6.07) is 13.9. The second-order valence-electron chi connectivity index (χ2n) is 7.13. The molecule has 0 atom stereocenters. The van der Waals surface area contributed by atoms with Gasteiger partial charge in [0.1, 0.15) is 5.69 Å². The van der Waals surface area contributed by atoms with Crippen LogP contribution in [-0.2, 0) is 13.6 Å². The zero-order chi connectivity index (χ0) is 22.3. The normalized spacial score (nSPS) is 11.1. The standard InChI is InChI=1S/C22H21N5O3S/c1-4-26-20(29)16-11-10-14(12-17(16)23-22(26)31)19(28)24-18-13(2)25(3)27(21(18)30)15-8-6-5-7-9-15/h5-12H,4H2,1-3H3,(H,23,31)(H,24,28). The first kappa shape index (κ1) is 20.5. The lowest BCUT2D eigenvalue weighted by Gasteiger charge is -2.08. The fourth-order valence-corrected chi connectivity index (χ4v) is 3.90. The van der Waals surface area contributed by atoms with Gasteiger partial charge in [-0.3, -0.25) is 23.6 Å². The first-order valence-electron chi connectivity index (χ1n) is 9.75. The molecule has 0 spiro atoms. The number of aromatic amines is 1. The molecular weight excluding hydrogens is 414 g/mol. The Bertz CT molecular complexity index is 1490. The van der Waals surface area contributed by atoms with Crippen molar-refractivity contribution in [1.29, 1.82) is 0 Å². The van der Waals surface area contributed by atoms with Crippen molar-refractivity contribution >= 4 is 34.7 Å². The van der Waals surface area contributed by atoms with E-state index in [-0.39, 0.29) is 16.8 Å². The average Bonchev–Trinajstić information content (AvgIpc) is 2.97. The van der Waals surface area contributed by atoms with Gasteiger partial charge in [-0.1, -0.05) is 18.2 Å². The van der Waals surface area contributed by atoms with Gasteiger partial charge < -0.3 is 10.3 Å². The number of amides is 1. The maximum atomic E-state index is 13.0. The van der Waals surface area contributed by atoms with Crippen LogP contribution in [0.1, 0.15) is 23.0 Å². The molecule has 0 unspecified atom stereocenters. The Morgan fingerprint density at radius 1 is 1.10 bits per heavy atom. The zero-order valence-electron chi connectivity index (χ0n) is 17.3. The Morgan fingerprint density at radius 2 is 1.81 bits per heavy atom. The van der Waals surface area contributed by atoms with Crippen LogP contribution in [0.5, 0.6) is 0 Å². The van der Waals surface area contributed by atoms with Crippen LogP contribution >= 0.6 is 12.2 Å². The first-order valence-corrected chi connectivity index (χ1v) is 10.2. The van der Waals surface area contributed by atoms with Gasteiger partial charge in [0.05, 0.1) is 22.3 Å². The molecule has 31 heavy (non-hydrogen) atoms. The van der Waals surface area contributed by atoms with Crippen molar-refractivity contribution in [3.8, 4) is 5.69 Å². The molecule has 0 aliphatic heterocycles. The summed E-state index contributed by atoms with van der Waals surface area (Å²) >= 11 is 5.24. The topological polar surface area (TPSA) is 93.8 Å². The summed E-state index contributed by atoms with van der Waals surface area (Å²) in [4.78, 5) is 41.5. The van der Waals surface area contributed by atoms with Crippen LogP contribution in [0.2, 0.25) is 0 Å². The number of benzene rings is 2. The lowest BCUT2D eigenvalue weighted by molar-refractivity contribution is 0.102. The third kappa shape index (κ3) is 3.42. The van der Waals surface area contributed by atoms with Crippen molar-refractivity contribution < 1.29 is 4.79 Å². The number of hydrogen-bond acceptors (Lipinski definition) is 4. The molecule has 2 aromatic carbocycles. The lowest BCUT2D eigenvalue weighted by Crippen LogP contribution is -2.23. The highest BCUT2D eigenvalue weighted by molar-refractivity contribution is 7.71. The second-order valence-corrected chi connectivity index (χ2v) is 7.52. The van der Waals surface area contributed by atoms with E-state index in [1.54, 1.807) is 36.9 Å². The Kier molecular flexibility index (Phi) is 5.20. The number of nitrogens with one attached hydrogen (secondary N) is 2. The summed E-state index contributed by atoms with van der Waals surface area (Å²) in [6.07, 6.45) is 0. The summed E-state index contributed by atoms with van der Waals surface area (Å²) in [5.74, 6) is -0.452. The molecule has 4 aromatic rings. The molecule has 2 heterocycles. The fraction of sp³-hybridized carbons (Fsp3) is 0.182. The molecule has 0 fully saturated rings. The fourth-order valence-electron chi connectivity index (χ4n) is 3.58. The maximum Gasteiger partial charge on any atom is 0.295 e. The van der Waals surface area contributed by atoms with Crippen LogP contribution in [-0.4, -0.2) is 24.8 Å². The Hall–Kier alpha value is -3.72. The van der Waals surface area contributed by atoms with Crippen molar-refractivity contribution in [3.63, 3.8) is 0 Å². The van der Waals surface area contributed by atoms with Gasteiger partial charge in [0.15, 0.2) is 4.77 Å². The molecule has 0 saturated heterocycles. The zero-order valence-corrected chi connectivity index (χ0v) is 18.1. The van der Waals surface area contributed by atoms with E-state index in [4.69, 9.17) is 12.2 Å². The van der Waals surface area contributed by atoms with Gasteiger partial charge in [0.2, 0.25) is 0 Å². The molecule has 1 amide bonds. The van der Waals surface area contributed by atoms with E-state index in [1.807, 2.05) is 37.3 Å². The van der Waals surface area contributed by atoms with Gasteiger partial charge in [-0.25, -0.2) is 4.68 Å². The van der Waals surface area contributed by atoms with E-state index in [1.165, 1.54) is 9.25 Å². The van der Waals surface area contributed by atoms with E-state index < -0.39 is 5.91 Å². The second kappa shape index (κ2) is 7.84. The summed E-state index contributed by atoms with van der Waals surface area (Å²) in [5, 5.41) is 3.17. The highest BCUT2D eigenvalue weighted by Crippen LogP contribution is 2.16. The molecule has 0 aliphatic carbocycles. The SMILES string of the molecule is CCn1c(=S)[nH]c2cc(C(=O)Nc3c(C)n(C)n(-c4ccccc4)c3=O)ccc2c1=O. The molecule has 2 aromatic heterocycles. The predicted octanol–water partition coefficient (Wildman–Crippen LogP) is 3.13. The van der Waals surface area contributed by atoms with Gasteiger partial charge in [0, 0.05) is 19.2 Å². The average molecular weight is 436 g/mol. The number of anilines is 1. The lowest BCUT2D eigenvalue weighted by atomic mass is 10.1. The van der Waals surface area contributed by atoms with E-state index in [0.29, 0.717) is 39.2 Å². The van der Waals surface area contributed by atoms with Crippen LogP contribution in [0.25, 0.3) is 16.6 Å². The smallest absolute Gasteiger partial charge is 0.295 e. The number of hydrogen-bond donors (Lipinski definition) is 2.